The highest BCUT2D eigenvalue weighted by atomic mass is 32.1. The lowest BCUT2D eigenvalue weighted by Crippen LogP contribution is -2.51. The number of thiocarbonyl (C=S) groups is 1. The van der Waals surface area contributed by atoms with Gasteiger partial charge in [-0.3, -0.25) is 0 Å². The molecule has 2 rings (SSSR count). The van der Waals surface area contributed by atoms with Gasteiger partial charge in [-0.15, -0.1) is 0 Å². The van der Waals surface area contributed by atoms with Crippen molar-refractivity contribution in [2.45, 2.75) is 50.3 Å². The molecule has 2 unspecified atom stereocenters. The van der Waals surface area contributed by atoms with Crippen molar-refractivity contribution in [1.82, 2.24) is 10.6 Å². The molecule has 3 N–H and O–H groups in total. The molecule has 25 heavy (non-hydrogen) atoms. The van der Waals surface area contributed by atoms with Crippen LogP contribution in [0.1, 0.15) is 43.8 Å². The van der Waals surface area contributed by atoms with E-state index < -0.39 is 18.1 Å². The summed E-state index contributed by atoms with van der Waals surface area (Å²) in [6.07, 6.45) is 4.63. The number of rotatable bonds is 6. The maximum absolute atomic E-state index is 12.1. The zero-order valence-electron chi connectivity index (χ0n) is 14.7. The Morgan fingerprint density at radius 1 is 1.20 bits per heavy atom. The van der Waals surface area contributed by atoms with Gasteiger partial charge in [0.05, 0.1) is 14.2 Å². The van der Waals surface area contributed by atoms with Gasteiger partial charge in [0, 0.05) is 6.04 Å². The lowest BCUT2D eigenvalue weighted by Gasteiger charge is -2.28. The second-order valence-electron chi connectivity index (χ2n) is 6.17. The first-order chi connectivity index (χ1) is 12.0. The van der Waals surface area contributed by atoms with Crippen molar-refractivity contribution in [1.29, 1.82) is 0 Å². The fourth-order valence-corrected chi connectivity index (χ4v) is 3.30. The molecule has 0 spiro atoms. The van der Waals surface area contributed by atoms with Crippen LogP contribution in [-0.4, -0.2) is 42.5 Å². The quantitative estimate of drug-likeness (QED) is 0.525. The fourth-order valence-electron chi connectivity index (χ4n) is 3.00. The molecule has 0 amide bonds. The number of aliphatic hydroxyl groups excluding tert-OH is 1. The number of hydrogen-bond donors (Lipinski definition) is 3. The molecule has 0 heterocycles. The summed E-state index contributed by atoms with van der Waals surface area (Å²) < 4.78 is 9.92. The third-order valence-electron chi connectivity index (χ3n) is 4.46. The molecule has 138 valence electrons. The smallest absolute Gasteiger partial charge is 0.331 e. The Hall–Kier alpha value is -1.86. The van der Waals surface area contributed by atoms with Gasteiger partial charge in [0.25, 0.3) is 0 Å². The second kappa shape index (κ2) is 9.58. The maximum Gasteiger partial charge on any atom is 0.331 e. The predicted molar refractivity (Wildman–Crippen MR) is 99.5 cm³/mol. The maximum atomic E-state index is 12.1. The van der Waals surface area contributed by atoms with Crippen molar-refractivity contribution < 1.29 is 19.4 Å². The Labute approximate surface area is 153 Å². The first kappa shape index (κ1) is 19.5. The summed E-state index contributed by atoms with van der Waals surface area (Å²) in [5.74, 6) is 0.101. The van der Waals surface area contributed by atoms with Crippen molar-refractivity contribution >= 4 is 23.3 Å². The minimum Gasteiger partial charge on any atom is -0.497 e. The van der Waals surface area contributed by atoms with Gasteiger partial charge >= 0.3 is 5.97 Å². The van der Waals surface area contributed by atoms with Crippen LogP contribution in [0, 0.1) is 0 Å². The number of hydrogen-bond acceptors (Lipinski definition) is 5. The van der Waals surface area contributed by atoms with Gasteiger partial charge in [-0.05, 0) is 42.8 Å². The van der Waals surface area contributed by atoms with E-state index in [1.54, 1.807) is 31.4 Å². The van der Waals surface area contributed by atoms with E-state index in [0.29, 0.717) is 22.5 Å². The van der Waals surface area contributed by atoms with Crippen molar-refractivity contribution in [3.05, 3.63) is 29.8 Å². The second-order valence-corrected chi connectivity index (χ2v) is 6.58. The minimum absolute atomic E-state index is 0.310. The summed E-state index contributed by atoms with van der Waals surface area (Å²) in [5.41, 5.74) is 0.573. The summed E-state index contributed by atoms with van der Waals surface area (Å²) in [7, 11) is 2.86. The highest BCUT2D eigenvalue weighted by molar-refractivity contribution is 7.80. The average molecular weight is 366 g/mol. The molecule has 1 aliphatic rings. The van der Waals surface area contributed by atoms with Gasteiger partial charge in [-0.1, -0.05) is 31.4 Å². The van der Waals surface area contributed by atoms with Crippen LogP contribution in [0.5, 0.6) is 5.75 Å². The Balaban J connectivity index is 2.03. The Kier molecular flexibility index (Phi) is 7.46. The lowest BCUT2D eigenvalue weighted by atomic mass is 9.96. The van der Waals surface area contributed by atoms with E-state index in [1.807, 2.05) is 0 Å². The van der Waals surface area contributed by atoms with Gasteiger partial charge in [0.2, 0.25) is 0 Å². The minimum atomic E-state index is -1.09. The van der Waals surface area contributed by atoms with Gasteiger partial charge in [-0.25, -0.2) is 4.79 Å². The topological polar surface area (TPSA) is 79.8 Å². The summed E-state index contributed by atoms with van der Waals surface area (Å²) in [4.78, 5) is 12.1. The van der Waals surface area contributed by atoms with Crippen molar-refractivity contribution in [2.75, 3.05) is 14.2 Å². The van der Waals surface area contributed by atoms with Crippen LogP contribution >= 0.6 is 12.2 Å². The summed E-state index contributed by atoms with van der Waals surface area (Å²) in [5, 5.41) is 17.1. The van der Waals surface area contributed by atoms with E-state index in [2.05, 4.69) is 10.6 Å². The molecule has 1 aliphatic carbocycles. The molecule has 0 aliphatic heterocycles. The number of carbonyl (C=O) groups excluding carboxylic acids is 1. The molecule has 0 aromatic heterocycles. The lowest BCUT2D eigenvalue weighted by molar-refractivity contribution is -0.145. The zero-order chi connectivity index (χ0) is 18.2. The zero-order valence-corrected chi connectivity index (χ0v) is 15.5. The molecular weight excluding hydrogens is 340 g/mol. The third kappa shape index (κ3) is 5.57. The molecule has 7 heteroatoms. The van der Waals surface area contributed by atoms with Crippen LogP contribution < -0.4 is 15.4 Å². The van der Waals surface area contributed by atoms with E-state index in [-0.39, 0.29) is 0 Å². The highest BCUT2D eigenvalue weighted by Gasteiger charge is 2.30. The number of methoxy groups -OCH3 is 2. The molecule has 0 radical (unpaired) electrons. The predicted octanol–water partition coefficient (Wildman–Crippen LogP) is 2.07. The molecule has 6 nitrogen and oxygen atoms in total. The van der Waals surface area contributed by atoms with Crippen LogP contribution in [0.2, 0.25) is 0 Å². The Morgan fingerprint density at radius 3 is 2.40 bits per heavy atom. The largest absolute Gasteiger partial charge is 0.497 e. The fraction of sp³-hybridized carbons (Fsp3) is 0.556. The van der Waals surface area contributed by atoms with Crippen LogP contribution in [0.4, 0.5) is 0 Å². The average Bonchev–Trinajstić information content (AvgIpc) is 2.66. The van der Waals surface area contributed by atoms with Gasteiger partial charge in [0.1, 0.15) is 11.9 Å². The van der Waals surface area contributed by atoms with Crippen LogP contribution in [-0.2, 0) is 9.53 Å². The summed E-state index contributed by atoms with van der Waals surface area (Å²) in [6.45, 7) is 0. The molecular formula is C18H26N2O4S. The van der Waals surface area contributed by atoms with Crippen LogP contribution in [0.3, 0.4) is 0 Å². The SMILES string of the molecule is COC(=O)C(NC(=S)NC1CCCCC1)C(O)c1ccc(OC)cc1. The molecule has 2 atom stereocenters. The standard InChI is InChI=1S/C18H26N2O4S/c1-23-14-10-8-12(9-11-14)16(21)15(17(22)24-2)20-18(25)19-13-6-4-3-5-7-13/h8-11,13,15-16,21H,3-7H2,1-2H3,(H2,19,20,25). The van der Waals surface area contributed by atoms with Crippen LogP contribution in [0.15, 0.2) is 24.3 Å². The van der Waals surface area contributed by atoms with E-state index in [0.717, 1.165) is 12.8 Å². The van der Waals surface area contributed by atoms with Gasteiger partial charge in [0.15, 0.2) is 11.2 Å². The number of nitrogens with one attached hydrogen (secondary N) is 2. The Morgan fingerprint density at radius 2 is 1.84 bits per heavy atom. The third-order valence-corrected chi connectivity index (χ3v) is 4.69. The monoisotopic (exact) mass is 366 g/mol. The number of esters is 1. The molecule has 1 aromatic carbocycles. The van der Waals surface area contributed by atoms with E-state index >= 15 is 0 Å². The Bertz CT molecular complexity index is 573. The van der Waals surface area contributed by atoms with Crippen molar-refractivity contribution in [2.24, 2.45) is 0 Å². The first-order valence-corrected chi connectivity index (χ1v) is 8.93. The molecule has 1 aromatic rings. The number of carbonyl (C=O) groups is 1. The molecule has 0 saturated heterocycles. The summed E-state index contributed by atoms with van der Waals surface area (Å²) in [6, 6.07) is 6.20. The van der Waals surface area contributed by atoms with E-state index in [9.17, 15) is 9.90 Å². The van der Waals surface area contributed by atoms with E-state index in [4.69, 9.17) is 21.7 Å². The first-order valence-electron chi connectivity index (χ1n) is 8.52. The van der Waals surface area contributed by atoms with Gasteiger partial charge in [-0.2, -0.15) is 0 Å². The summed E-state index contributed by atoms with van der Waals surface area (Å²) >= 11 is 5.33. The molecule has 1 fully saturated rings. The highest BCUT2D eigenvalue weighted by Crippen LogP contribution is 2.21. The molecule has 1 saturated carbocycles. The van der Waals surface area contributed by atoms with Crippen molar-refractivity contribution in [3.8, 4) is 5.75 Å². The number of ether oxygens (including phenoxy) is 2. The van der Waals surface area contributed by atoms with Crippen LogP contribution in [0.25, 0.3) is 0 Å². The number of benzene rings is 1. The van der Waals surface area contributed by atoms with E-state index in [1.165, 1.54) is 26.4 Å². The van der Waals surface area contributed by atoms with Gasteiger partial charge < -0.3 is 25.2 Å². The molecule has 0 bridgehead atoms. The normalized spacial score (nSPS) is 17.2. The number of aliphatic hydroxyl groups is 1. The van der Waals surface area contributed by atoms with Crippen molar-refractivity contribution in [3.63, 3.8) is 0 Å².